The van der Waals surface area contributed by atoms with E-state index in [4.69, 9.17) is 9.47 Å². The highest BCUT2D eigenvalue weighted by Gasteiger charge is 2.39. The highest BCUT2D eigenvalue weighted by Crippen LogP contribution is 2.23. The summed E-state index contributed by atoms with van der Waals surface area (Å²) in [6.45, 7) is 8.72. The van der Waals surface area contributed by atoms with E-state index in [1.165, 1.54) is 19.9 Å². The number of hydrogen-bond acceptors (Lipinski definition) is 7. The Morgan fingerprint density at radius 3 is 2.38 bits per heavy atom. The number of pyridine rings is 1. The molecule has 1 aromatic rings. The lowest BCUT2D eigenvalue weighted by molar-refractivity contribution is -0.222. The van der Waals surface area contributed by atoms with E-state index in [9.17, 15) is 9.59 Å². The lowest BCUT2D eigenvalue weighted by Crippen LogP contribution is -2.42. The molecule has 1 aliphatic rings. The molecule has 2 heterocycles. The molecule has 0 radical (unpaired) electrons. The number of nitrogens with zero attached hydrogens (tertiary/aromatic N) is 2. The number of cyclic esters (lactones) is 2. The molecule has 0 saturated carbocycles. The van der Waals surface area contributed by atoms with Gasteiger partial charge in [0, 0.05) is 20.0 Å². The maximum Gasteiger partial charge on any atom is 0.348 e. The molecule has 7 heteroatoms. The lowest BCUT2D eigenvalue weighted by Gasteiger charge is -2.29. The molecular formula is C17H21N3O4. The van der Waals surface area contributed by atoms with E-state index < -0.39 is 17.7 Å². The SMILES string of the molecule is Cc1ccc(N/N=C(\C=C2C(=O)OC(C)(C)OC2=O)C(C)C)nc1. The maximum atomic E-state index is 12.0. The monoisotopic (exact) mass is 331 g/mol. The van der Waals surface area contributed by atoms with Gasteiger partial charge in [0.15, 0.2) is 0 Å². The predicted molar refractivity (Wildman–Crippen MR) is 89.2 cm³/mol. The van der Waals surface area contributed by atoms with Crippen LogP contribution in [0.15, 0.2) is 35.1 Å². The molecule has 0 atom stereocenters. The van der Waals surface area contributed by atoms with Gasteiger partial charge in [-0.3, -0.25) is 5.43 Å². The fourth-order valence-corrected chi connectivity index (χ4v) is 1.91. The zero-order valence-electron chi connectivity index (χ0n) is 14.4. The van der Waals surface area contributed by atoms with Crippen LogP contribution in [0.25, 0.3) is 0 Å². The highest BCUT2D eigenvalue weighted by atomic mass is 16.7. The molecule has 1 fully saturated rings. The molecule has 0 aromatic carbocycles. The first-order valence-corrected chi connectivity index (χ1v) is 7.62. The minimum absolute atomic E-state index is 0.0361. The van der Waals surface area contributed by atoms with Gasteiger partial charge in [-0.15, -0.1) is 0 Å². The maximum absolute atomic E-state index is 12.0. The Morgan fingerprint density at radius 2 is 1.88 bits per heavy atom. The molecule has 0 unspecified atom stereocenters. The Hall–Kier alpha value is -2.70. The third kappa shape index (κ3) is 4.41. The Bertz CT molecular complexity index is 681. The van der Waals surface area contributed by atoms with Gasteiger partial charge < -0.3 is 9.47 Å². The topological polar surface area (TPSA) is 89.9 Å². The zero-order valence-corrected chi connectivity index (χ0v) is 14.4. The molecule has 1 aromatic heterocycles. The number of ether oxygens (including phenoxy) is 2. The number of anilines is 1. The first-order chi connectivity index (χ1) is 11.2. The number of aromatic nitrogens is 1. The number of rotatable bonds is 4. The van der Waals surface area contributed by atoms with Crippen LogP contribution in [0.2, 0.25) is 0 Å². The second-order valence-corrected chi connectivity index (χ2v) is 6.26. The van der Waals surface area contributed by atoms with E-state index in [1.54, 1.807) is 12.3 Å². The van der Waals surface area contributed by atoms with Crippen molar-refractivity contribution in [2.45, 2.75) is 40.4 Å². The summed E-state index contributed by atoms with van der Waals surface area (Å²) in [4.78, 5) is 28.2. The van der Waals surface area contributed by atoms with Gasteiger partial charge in [-0.2, -0.15) is 5.10 Å². The molecular weight excluding hydrogens is 310 g/mol. The van der Waals surface area contributed by atoms with Gasteiger partial charge >= 0.3 is 11.9 Å². The van der Waals surface area contributed by atoms with Gasteiger partial charge in [0.2, 0.25) is 0 Å². The molecule has 7 nitrogen and oxygen atoms in total. The first kappa shape index (κ1) is 17.7. The fraction of sp³-hybridized carbons (Fsp3) is 0.412. The summed E-state index contributed by atoms with van der Waals surface area (Å²) in [5, 5.41) is 4.23. The Labute approximate surface area is 140 Å². The average Bonchev–Trinajstić information content (AvgIpc) is 2.46. The molecule has 1 saturated heterocycles. The zero-order chi connectivity index (χ0) is 17.9. The Balaban J connectivity index is 2.24. The third-order valence-electron chi connectivity index (χ3n) is 3.21. The number of esters is 2. The molecule has 24 heavy (non-hydrogen) atoms. The summed E-state index contributed by atoms with van der Waals surface area (Å²) in [6, 6.07) is 3.69. The number of nitrogens with one attached hydrogen (secondary N) is 1. The number of carbonyl (C=O) groups is 2. The van der Waals surface area contributed by atoms with Gasteiger partial charge in [-0.1, -0.05) is 19.9 Å². The second kappa shape index (κ2) is 6.82. The van der Waals surface area contributed by atoms with E-state index in [0.717, 1.165) is 5.56 Å². The summed E-state index contributed by atoms with van der Waals surface area (Å²) in [7, 11) is 0. The van der Waals surface area contributed by atoms with Gasteiger partial charge in [-0.25, -0.2) is 14.6 Å². The summed E-state index contributed by atoms with van der Waals surface area (Å²) in [5.41, 5.74) is 4.17. The van der Waals surface area contributed by atoms with Gasteiger partial charge in [0.1, 0.15) is 11.4 Å². The van der Waals surface area contributed by atoms with Gasteiger partial charge in [0.05, 0.1) is 5.71 Å². The van der Waals surface area contributed by atoms with Crippen molar-refractivity contribution < 1.29 is 19.1 Å². The molecule has 1 aliphatic heterocycles. The molecule has 128 valence electrons. The van der Waals surface area contributed by atoms with Crippen LogP contribution >= 0.6 is 0 Å². The fourth-order valence-electron chi connectivity index (χ4n) is 1.91. The third-order valence-corrected chi connectivity index (χ3v) is 3.21. The summed E-state index contributed by atoms with van der Waals surface area (Å²) in [6.07, 6.45) is 3.09. The number of hydrazone groups is 1. The summed E-state index contributed by atoms with van der Waals surface area (Å²) < 4.78 is 10.2. The lowest BCUT2D eigenvalue weighted by atomic mass is 10.0. The van der Waals surface area contributed by atoms with E-state index >= 15 is 0 Å². The number of allylic oxidation sites excluding steroid dienone is 1. The normalized spacial score (nSPS) is 17.4. The minimum Gasteiger partial charge on any atom is -0.419 e. The van der Waals surface area contributed by atoms with Crippen LogP contribution in [0.1, 0.15) is 33.3 Å². The van der Waals surface area contributed by atoms with Crippen LogP contribution in [-0.4, -0.2) is 28.4 Å². The van der Waals surface area contributed by atoms with Gasteiger partial charge in [-0.05, 0) is 30.5 Å². The van der Waals surface area contributed by atoms with E-state index in [1.807, 2.05) is 26.8 Å². The van der Waals surface area contributed by atoms with Crippen molar-refractivity contribution in [1.82, 2.24) is 4.98 Å². The van der Waals surface area contributed by atoms with E-state index in [-0.39, 0.29) is 11.5 Å². The number of carbonyl (C=O) groups excluding carboxylic acids is 2. The van der Waals surface area contributed by atoms with Crippen LogP contribution in [0.5, 0.6) is 0 Å². The van der Waals surface area contributed by atoms with Crippen molar-refractivity contribution in [2.24, 2.45) is 11.0 Å². The molecule has 2 rings (SSSR count). The second-order valence-electron chi connectivity index (χ2n) is 6.26. The summed E-state index contributed by atoms with van der Waals surface area (Å²) in [5.74, 6) is -2.18. The molecule has 1 N–H and O–H groups in total. The average molecular weight is 331 g/mol. The molecule has 0 amide bonds. The Morgan fingerprint density at radius 1 is 1.25 bits per heavy atom. The molecule has 0 spiro atoms. The molecule has 0 aliphatic carbocycles. The summed E-state index contributed by atoms with van der Waals surface area (Å²) >= 11 is 0. The number of hydrogen-bond donors (Lipinski definition) is 1. The van der Waals surface area contributed by atoms with Crippen molar-refractivity contribution >= 4 is 23.5 Å². The van der Waals surface area contributed by atoms with Crippen molar-refractivity contribution in [2.75, 3.05) is 5.43 Å². The van der Waals surface area contributed by atoms with Crippen LogP contribution in [0, 0.1) is 12.8 Å². The van der Waals surface area contributed by atoms with Crippen molar-refractivity contribution in [3.8, 4) is 0 Å². The highest BCUT2D eigenvalue weighted by molar-refractivity contribution is 6.19. The van der Waals surface area contributed by atoms with E-state index in [2.05, 4.69) is 15.5 Å². The van der Waals surface area contributed by atoms with Crippen molar-refractivity contribution in [3.63, 3.8) is 0 Å². The number of aryl methyl sites for hydroxylation is 1. The minimum atomic E-state index is -1.26. The predicted octanol–water partition coefficient (Wildman–Crippen LogP) is 2.58. The quantitative estimate of drug-likeness (QED) is 0.300. The smallest absolute Gasteiger partial charge is 0.348 e. The van der Waals surface area contributed by atoms with Crippen molar-refractivity contribution in [1.29, 1.82) is 0 Å². The van der Waals surface area contributed by atoms with Crippen LogP contribution in [0.3, 0.4) is 0 Å². The largest absolute Gasteiger partial charge is 0.419 e. The Kier molecular flexibility index (Phi) is 5.02. The van der Waals surface area contributed by atoms with Gasteiger partial charge in [0.25, 0.3) is 5.79 Å². The van der Waals surface area contributed by atoms with Crippen LogP contribution in [0.4, 0.5) is 5.82 Å². The first-order valence-electron chi connectivity index (χ1n) is 7.62. The molecule has 0 bridgehead atoms. The van der Waals surface area contributed by atoms with E-state index in [0.29, 0.717) is 11.5 Å². The van der Waals surface area contributed by atoms with Crippen LogP contribution in [-0.2, 0) is 19.1 Å². The van der Waals surface area contributed by atoms with Crippen molar-refractivity contribution in [3.05, 3.63) is 35.5 Å². The standard InChI is InChI=1S/C17H21N3O4/c1-10(2)13(19-20-14-7-6-11(3)9-18-14)8-12-15(21)23-17(4,5)24-16(12)22/h6-10H,1-5H3,(H,18,20)/b19-13+. The van der Waals surface area contributed by atoms with Crippen LogP contribution < -0.4 is 5.43 Å².